The first-order chi connectivity index (χ1) is 12.1. The Morgan fingerprint density at radius 3 is 2.92 bits per heavy atom. The van der Waals surface area contributed by atoms with Gasteiger partial charge < -0.3 is 10.2 Å². The van der Waals surface area contributed by atoms with Crippen molar-refractivity contribution in [2.75, 3.05) is 13.1 Å². The molecule has 1 saturated heterocycles. The number of pyridine rings is 1. The van der Waals surface area contributed by atoms with E-state index in [4.69, 9.17) is 11.6 Å². The molecule has 1 aromatic heterocycles. The first kappa shape index (κ1) is 17.4. The summed E-state index contributed by atoms with van der Waals surface area (Å²) in [5, 5.41) is 3.56. The molecule has 1 aliphatic heterocycles. The van der Waals surface area contributed by atoms with E-state index in [-0.39, 0.29) is 24.2 Å². The Morgan fingerprint density at radius 2 is 2.16 bits per heavy atom. The van der Waals surface area contributed by atoms with Crippen LogP contribution in [0.1, 0.15) is 17.7 Å². The van der Waals surface area contributed by atoms with Crippen LogP contribution in [0.15, 0.2) is 48.7 Å². The number of hydrogen-bond acceptors (Lipinski definition) is 3. The summed E-state index contributed by atoms with van der Waals surface area (Å²) in [6.45, 7) is 1.45. The highest BCUT2D eigenvalue weighted by atomic mass is 35.5. The van der Waals surface area contributed by atoms with Gasteiger partial charge in [-0.15, -0.1) is 0 Å². The normalized spacial score (nSPS) is 16.9. The monoisotopic (exact) mass is 357 g/mol. The molecule has 3 rings (SSSR count). The van der Waals surface area contributed by atoms with E-state index in [0.717, 1.165) is 17.7 Å². The molecule has 0 bridgehead atoms. The quantitative estimate of drug-likeness (QED) is 0.863. The first-order valence-electron chi connectivity index (χ1n) is 8.31. The second kappa shape index (κ2) is 8.12. The lowest BCUT2D eigenvalue weighted by atomic mass is 10.1. The van der Waals surface area contributed by atoms with Crippen molar-refractivity contribution in [2.24, 2.45) is 5.92 Å². The molecule has 25 heavy (non-hydrogen) atoms. The average Bonchev–Trinajstić information content (AvgIpc) is 3.00. The Bertz CT molecular complexity index is 751. The minimum absolute atomic E-state index is 0.0278. The molecule has 1 aliphatic rings. The van der Waals surface area contributed by atoms with Gasteiger partial charge in [0.05, 0.1) is 18.2 Å². The van der Waals surface area contributed by atoms with Crippen molar-refractivity contribution in [1.29, 1.82) is 0 Å². The third-order valence-corrected chi connectivity index (χ3v) is 4.55. The van der Waals surface area contributed by atoms with Crippen LogP contribution in [0, 0.1) is 5.92 Å². The molecule has 5 nitrogen and oxygen atoms in total. The molecule has 6 heteroatoms. The summed E-state index contributed by atoms with van der Waals surface area (Å²) in [5.74, 6) is -0.361. The number of likely N-dealkylation sites (tertiary alicyclic amines) is 1. The lowest BCUT2D eigenvalue weighted by Crippen LogP contribution is -2.33. The number of hydrogen-bond donors (Lipinski definition) is 1. The Labute approximate surface area is 152 Å². The van der Waals surface area contributed by atoms with Gasteiger partial charge in [-0.25, -0.2) is 0 Å². The van der Waals surface area contributed by atoms with Crippen LogP contribution in [0.3, 0.4) is 0 Å². The number of nitrogens with one attached hydrogen (secondary N) is 1. The number of halogens is 1. The Hall–Kier alpha value is -2.40. The van der Waals surface area contributed by atoms with Crippen LogP contribution in [0.4, 0.5) is 0 Å². The fraction of sp³-hybridized carbons (Fsp3) is 0.316. The fourth-order valence-corrected chi connectivity index (χ4v) is 3.16. The lowest BCUT2D eigenvalue weighted by molar-refractivity contribution is -0.129. The van der Waals surface area contributed by atoms with Crippen LogP contribution in [0.25, 0.3) is 0 Å². The predicted octanol–water partition coefficient (Wildman–Crippen LogP) is 2.44. The largest absolute Gasteiger partial charge is 0.350 e. The summed E-state index contributed by atoms with van der Waals surface area (Å²) in [4.78, 5) is 30.4. The standard InChI is InChI=1S/C19H20ClN3O2/c20-16-5-3-4-14(10-16)7-9-23-13-15(11-18(23)24)19(25)22-12-17-6-1-2-8-21-17/h1-6,8,10,15H,7,9,11-13H2,(H,22,25). The Balaban J connectivity index is 1.49. The highest BCUT2D eigenvalue weighted by Gasteiger charge is 2.33. The van der Waals surface area contributed by atoms with Crippen molar-refractivity contribution in [3.8, 4) is 0 Å². The topological polar surface area (TPSA) is 62.3 Å². The van der Waals surface area contributed by atoms with E-state index < -0.39 is 0 Å². The van der Waals surface area contributed by atoms with Crippen LogP contribution in [0.5, 0.6) is 0 Å². The molecule has 0 aliphatic carbocycles. The second-order valence-electron chi connectivity index (χ2n) is 6.16. The average molecular weight is 358 g/mol. The highest BCUT2D eigenvalue weighted by Crippen LogP contribution is 2.19. The minimum Gasteiger partial charge on any atom is -0.350 e. The van der Waals surface area contributed by atoms with Gasteiger partial charge in [0.1, 0.15) is 0 Å². The van der Waals surface area contributed by atoms with E-state index in [0.29, 0.717) is 24.7 Å². The molecular formula is C19H20ClN3O2. The summed E-state index contributed by atoms with van der Waals surface area (Å²) in [6, 6.07) is 13.2. The second-order valence-corrected chi connectivity index (χ2v) is 6.60. The molecule has 0 spiro atoms. The maximum absolute atomic E-state index is 12.3. The van der Waals surface area contributed by atoms with Gasteiger partial charge in [-0.05, 0) is 36.2 Å². The zero-order valence-corrected chi connectivity index (χ0v) is 14.6. The van der Waals surface area contributed by atoms with E-state index >= 15 is 0 Å². The fourth-order valence-electron chi connectivity index (χ4n) is 2.95. The molecule has 0 saturated carbocycles. The van der Waals surface area contributed by atoms with Crippen LogP contribution in [-0.2, 0) is 22.6 Å². The molecule has 1 atom stereocenters. The van der Waals surface area contributed by atoms with E-state index in [1.54, 1.807) is 11.1 Å². The maximum atomic E-state index is 12.3. The van der Waals surface area contributed by atoms with Gasteiger partial charge in [-0.1, -0.05) is 29.8 Å². The van der Waals surface area contributed by atoms with Crippen molar-refractivity contribution in [3.05, 3.63) is 64.9 Å². The molecule has 2 heterocycles. The third kappa shape index (κ3) is 4.79. The lowest BCUT2D eigenvalue weighted by Gasteiger charge is -2.16. The molecule has 0 radical (unpaired) electrons. The molecule has 130 valence electrons. The zero-order chi connectivity index (χ0) is 17.6. The van der Waals surface area contributed by atoms with Gasteiger partial charge in [0.2, 0.25) is 11.8 Å². The number of benzene rings is 1. The summed E-state index contributed by atoms with van der Waals surface area (Å²) in [7, 11) is 0. The molecule has 1 unspecified atom stereocenters. The number of rotatable bonds is 6. The van der Waals surface area contributed by atoms with Gasteiger partial charge in [-0.3, -0.25) is 14.6 Å². The number of carbonyl (C=O) groups is 2. The van der Waals surface area contributed by atoms with Gasteiger partial charge in [0.25, 0.3) is 0 Å². The van der Waals surface area contributed by atoms with Crippen molar-refractivity contribution >= 4 is 23.4 Å². The third-order valence-electron chi connectivity index (χ3n) is 4.31. The van der Waals surface area contributed by atoms with Crippen molar-refractivity contribution < 1.29 is 9.59 Å². The first-order valence-corrected chi connectivity index (χ1v) is 8.69. The number of nitrogens with zero attached hydrogens (tertiary/aromatic N) is 2. The molecule has 1 N–H and O–H groups in total. The van der Waals surface area contributed by atoms with E-state index in [2.05, 4.69) is 10.3 Å². The van der Waals surface area contributed by atoms with Crippen molar-refractivity contribution in [2.45, 2.75) is 19.4 Å². The number of carbonyl (C=O) groups excluding carboxylic acids is 2. The molecule has 2 amide bonds. The maximum Gasteiger partial charge on any atom is 0.225 e. The van der Waals surface area contributed by atoms with Gasteiger partial charge in [-0.2, -0.15) is 0 Å². The van der Waals surface area contributed by atoms with Crippen molar-refractivity contribution in [3.63, 3.8) is 0 Å². The molecule has 1 fully saturated rings. The van der Waals surface area contributed by atoms with Crippen LogP contribution >= 0.6 is 11.6 Å². The zero-order valence-electron chi connectivity index (χ0n) is 13.8. The Kier molecular flexibility index (Phi) is 5.66. The molecule has 1 aromatic carbocycles. The summed E-state index contributed by atoms with van der Waals surface area (Å²) in [6.07, 6.45) is 2.69. The van der Waals surface area contributed by atoms with Crippen LogP contribution in [0.2, 0.25) is 5.02 Å². The van der Waals surface area contributed by atoms with Crippen LogP contribution in [-0.4, -0.2) is 34.8 Å². The van der Waals surface area contributed by atoms with Gasteiger partial charge in [0, 0.05) is 30.7 Å². The van der Waals surface area contributed by atoms with Crippen LogP contribution < -0.4 is 5.32 Å². The summed E-state index contributed by atoms with van der Waals surface area (Å²) in [5.41, 5.74) is 1.89. The van der Waals surface area contributed by atoms with Crippen molar-refractivity contribution in [1.82, 2.24) is 15.2 Å². The van der Waals surface area contributed by atoms with E-state index in [9.17, 15) is 9.59 Å². The minimum atomic E-state index is -0.296. The smallest absolute Gasteiger partial charge is 0.225 e. The summed E-state index contributed by atoms with van der Waals surface area (Å²) >= 11 is 5.98. The highest BCUT2D eigenvalue weighted by molar-refractivity contribution is 6.30. The van der Waals surface area contributed by atoms with E-state index in [1.165, 1.54) is 0 Å². The summed E-state index contributed by atoms with van der Waals surface area (Å²) < 4.78 is 0. The SMILES string of the molecule is O=C(NCc1ccccn1)C1CC(=O)N(CCc2cccc(Cl)c2)C1. The predicted molar refractivity (Wildman–Crippen MR) is 95.9 cm³/mol. The Morgan fingerprint density at radius 1 is 1.28 bits per heavy atom. The number of aromatic nitrogens is 1. The molecular weight excluding hydrogens is 338 g/mol. The number of amides is 2. The van der Waals surface area contributed by atoms with E-state index in [1.807, 2.05) is 42.5 Å². The van der Waals surface area contributed by atoms with Gasteiger partial charge in [0.15, 0.2) is 0 Å². The molecule has 2 aromatic rings. The van der Waals surface area contributed by atoms with Gasteiger partial charge >= 0.3 is 0 Å².